The van der Waals surface area contributed by atoms with Gasteiger partial charge in [-0.1, -0.05) is 25.1 Å². The van der Waals surface area contributed by atoms with E-state index >= 15 is 0 Å². The van der Waals surface area contributed by atoms with Crippen molar-refractivity contribution in [2.75, 3.05) is 11.9 Å². The SMILES string of the molecule is CCCN(C(=O)c1ccccc1NC(=O)c1cccc(C(=O)O)c1)C(C)C. The molecule has 0 atom stereocenters. The molecule has 0 saturated carbocycles. The van der Waals surface area contributed by atoms with Crippen LogP contribution in [0, 0.1) is 0 Å². The molecule has 0 spiro atoms. The van der Waals surface area contributed by atoms with Crippen LogP contribution < -0.4 is 5.32 Å². The third kappa shape index (κ3) is 4.94. The summed E-state index contributed by atoms with van der Waals surface area (Å²) in [5.41, 5.74) is 1.05. The summed E-state index contributed by atoms with van der Waals surface area (Å²) in [7, 11) is 0. The zero-order chi connectivity index (χ0) is 20.0. The normalized spacial score (nSPS) is 10.5. The average molecular weight is 368 g/mol. The lowest BCUT2D eigenvalue weighted by Crippen LogP contribution is -2.38. The highest BCUT2D eigenvalue weighted by Gasteiger charge is 2.21. The Labute approximate surface area is 158 Å². The number of hydrogen-bond acceptors (Lipinski definition) is 3. The number of para-hydroxylation sites is 1. The van der Waals surface area contributed by atoms with Crippen LogP contribution in [0.25, 0.3) is 0 Å². The van der Waals surface area contributed by atoms with Crippen molar-refractivity contribution < 1.29 is 19.5 Å². The van der Waals surface area contributed by atoms with Gasteiger partial charge >= 0.3 is 5.97 Å². The van der Waals surface area contributed by atoms with Gasteiger partial charge in [0.05, 0.1) is 16.8 Å². The minimum absolute atomic E-state index is 0.0286. The van der Waals surface area contributed by atoms with Gasteiger partial charge in [0.2, 0.25) is 0 Å². The molecular weight excluding hydrogens is 344 g/mol. The van der Waals surface area contributed by atoms with Crippen molar-refractivity contribution in [2.45, 2.75) is 33.2 Å². The molecule has 2 aromatic carbocycles. The van der Waals surface area contributed by atoms with Gasteiger partial charge in [-0.15, -0.1) is 0 Å². The van der Waals surface area contributed by atoms with Gasteiger partial charge in [0.1, 0.15) is 0 Å². The van der Waals surface area contributed by atoms with Crippen molar-refractivity contribution in [3.8, 4) is 0 Å². The van der Waals surface area contributed by atoms with Gasteiger partial charge in [0, 0.05) is 18.2 Å². The Morgan fingerprint density at radius 3 is 2.33 bits per heavy atom. The summed E-state index contributed by atoms with van der Waals surface area (Å²) in [6, 6.07) is 12.6. The van der Waals surface area contributed by atoms with E-state index in [4.69, 9.17) is 5.11 Å². The molecule has 0 radical (unpaired) electrons. The first kappa shape index (κ1) is 20.2. The Morgan fingerprint density at radius 1 is 1.04 bits per heavy atom. The molecule has 0 aromatic heterocycles. The van der Waals surface area contributed by atoms with Crippen LogP contribution in [-0.2, 0) is 0 Å². The standard InChI is InChI=1S/C21H24N2O4/c1-4-12-23(14(2)3)20(25)17-10-5-6-11-18(17)22-19(24)15-8-7-9-16(13-15)21(26)27/h5-11,13-14H,4,12H2,1-3H3,(H,22,24)(H,26,27). The van der Waals surface area contributed by atoms with Gasteiger partial charge in [-0.25, -0.2) is 4.79 Å². The monoisotopic (exact) mass is 368 g/mol. The maximum atomic E-state index is 13.0. The smallest absolute Gasteiger partial charge is 0.335 e. The molecule has 27 heavy (non-hydrogen) atoms. The third-order valence-corrected chi connectivity index (χ3v) is 4.13. The second kappa shape index (κ2) is 8.98. The highest BCUT2D eigenvalue weighted by molar-refractivity contribution is 6.09. The van der Waals surface area contributed by atoms with Crippen LogP contribution in [0.3, 0.4) is 0 Å². The number of carbonyl (C=O) groups is 3. The lowest BCUT2D eigenvalue weighted by atomic mass is 10.1. The largest absolute Gasteiger partial charge is 0.478 e. The van der Waals surface area contributed by atoms with E-state index in [0.29, 0.717) is 17.8 Å². The van der Waals surface area contributed by atoms with Crippen molar-refractivity contribution in [1.82, 2.24) is 4.90 Å². The number of anilines is 1. The lowest BCUT2D eigenvalue weighted by molar-refractivity contribution is 0.0691. The fourth-order valence-corrected chi connectivity index (χ4v) is 2.76. The Hall–Kier alpha value is -3.15. The number of benzene rings is 2. The van der Waals surface area contributed by atoms with Crippen LogP contribution in [0.2, 0.25) is 0 Å². The molecule has 142 valence electrons. The summed E-state index contributed by atoms with van der Waals surface area (Å²) in [5, 5.41) is 11.8. The fourth-order valence-electron chi connectivity index (χ4n) is 2.76. The topological polar surface area (TPSA) is 86.7 Å². The quantitative estimate of drug-likeness (QED) is 0.776. The van der Waals surface area contributed by atoms with Crippen molar-refractivity contribution in [2.24, 2.45) is 0 Å². The minimum atomic E-state index is -1.10. The number of aromatic carboxylic acids is 1. The molecule has 0 unspecified atom stereocenters. The van der Waals surface area contributed by atoms with Crippen molar-refractivity contribution >= 4 is 23.5 Å². The zero-order valence-electron chi connectivity index (χ0n) is 15.7. The van der Waals surface area contributed by atoms with Crippen molar-refractivity contribution in [3.63, 3.8) is 0 Å². The first-order valence-electron chi connectivity index (χ1n) is 8.89. The van der Waals surface area contributed by atoms with E-state index in [0.717, 1.165) is 6.42 Å². The van der Waals surface area contributed by atoms with Gasteiger partial charge in [-0.05, 0) is 50.6 Å². The number of amides is 2. The van der Waals surface area contributed by atoms with Gasteiger partial charge < -0.3 is 15.3 Å². The third-order valence-electron chi connectivity index (χ3n) is 4.13. The molecule has 6 nitrogen and oxygen atoms in total. The highest BCUT2D eigenvalue weighted by Crippen LogP contribution is 2.20. The van der Waals surface area contributed by atoms with E-state index in [-0.39, 0.29) is 23.1 Å². The molecule has 0 aliphatic rings. The van der Waals surface area contributed by atoms with E-state index in [9.17, 15) is 14.4 Å². The Morgan fingerprint density at radius 2 is 1.70 bits per heavy atom. The fraction of sp³-hybridized carbons (Fsp3) is 0.286. The van der Waals surface area contributed by atoms with E-state index in [1.54, 1.807) is 29.2 Å². The molecule has 0 aliphatic heterocycles. The van der Waals surface area contributed by atoms with E-state index < -0.39 is 11.9 Å². The molecular formula is C21H24N2O4. The minimum Gasteiger partial charge on any atom is -0.478 e. The van der Waals surface area contributed by atoms with E-state index in [2.05, 4.69) is 5.32 Å². The highest BCUT2D eigenvalue weighted by atomic mass is 16.4. The van der Waals surface area contributed by atoms with Gasteiger partial charge in [-0.3, -0.25) is 9.59 Å². The number of nitrogens with zero attached hydrogens (tertiary/aromatic N) is 1. The molecule has 0 saturated heterocycles. The Balaban J connectivity index is 2.30. The van der Waals surface area contributed by atoms with Crippen LogP contribution in [0.5, 0.6) is 0 Å². The molecule has 0 fully saturated rings. The molecule has 2 N–H and O–H groups in total. The second-order valence-corrected chi connectivity index (χ2v) is 6.48. The maximum Gasteiger partial charge on any atom is 0.335 e. The lowest BCUT2D eigenvalue weighted by Gasteiger charge is -2.27. The molecule has 6 heteroatoms. The zero-order valence-corrected chi connectivity index (χ0v) is 15.7. The average Bonchev–Trinajstić information content (AvgIpc) is 2.65. The molecule has 2 aromatic rings. The first-order valence-corrected chi connectivity index (χ1v) is 8.89. The number of rotatable bonds is 7. The molecule has 0 aliphatic carbocycles. The number of carboxylic acids is 1. The summed E-state index contributed by atoms with van der Waals surface area (Å²) in [5.74, 6) is -1.72. The number of nitrogens with one attached hydrogen (secondary N) is 1. The summed E-state index contributed by atoms with van der Waals surface area (Å²) in [6.07, 6.45) is 0.834. The first-order chi connectivity index (χ1) is 12.8. The van der Waals surface area contributed by atoms with Gasteiger partial charge in [0.25, 0.3) is 11.8 Å². The van der Waals surface area contributed by atoms with Gasteiger partial charge in [0.15, 0.2) is 0 Å². The molecule has 0 heterocycles. The Bertz CT molecular complexity index is 846. The summed E-state index contributed by atoms with van der Waals surface area (Å²) >= 11 is 0. The molecule has 2 amide bonds. The predicted octanol–water partition coefficient (Wildman–Crippen LogP) is 3.90. The van der Waals surface area contributed by atoms with Crippen LogP contribution in [0.1, 0.15) is 58.3 Å². The van der Waals surface area contributed by atoms with Crippen LogP contribution >= 0.6 is 0 Å². The summed E-state index contributed by atoms with van der Waals surface area (Å²) < 4.78 is 0. The molecule has 2 rings (SSSR count). The van der Waals surface area contributed by atoms with Crippen LogP contribution in [0.4, 0.5) is 5.69 Å². The van der Waals surface area contributed by atoms with E-state index in [1.165, 1.54) is 24.3 Å². The van der Waals surface area contributed by atoms with Gasteiger partial charge in [-0.2, -0.15) is 0 Å². The van der Waals surface area contributed by atoms with Crippen LogP contribution in [-0.4, -0.2) is 40.4 Å². The number of hydrogen-bond donors (Lipinski definition) is 2. The molecule has 0 bridgehead atoms. The number of carbonyl (C=O) groups excluding carboxylic acids is 2. The van der Waals surface area contributed by atoms with Crippen molar-refractivity contribution in [3.05, 3.63) is 65.2 Å². The summed E-state index contributed by atoms with van der Waals surface area (Å²) in [6.45, 7) is 6.53. The van der Waals surface area contributed by atoms with Crippen molar-refractivity contribution in [1.29, 1.82) is 0 Å². The summed E-state index contributed by atoms with van der Waals surface area (Å²) in [4.78, 5) is 38.4. The second-order valence-electron chi connectivity index (χ2n) is 6.48. The van der Waals surface area contributed by atoms with Crippen LogP contribution in [0.15, 0.2) is 48.5 Å². The van der Waals surface area contributed by atoms with E-state index in [1.807, 2.05) is 20.8 Å². The Kier molecular flexibility index (Phi) is 6.71. The maximum absolute atomic E-state index is 13.0. The predicted molar refractivity (Wildman–Crippen MR) is 104 cm³/mol. The number of carboxylic acid groups (broad SMARTS) is 1.